The number of hydrogen-bond donors (Lipinski definition) is 1. The molecule has 0 aromatic carbocycles. The monoisotopic (exact) mass is 457 g/mol. The van der Waals surface area contributed by atoms with E-state index in [0.717, 1.165) is 12.8 Å². The van der Waals surface area contributed by atoms with Gasteiger partial charge in [-0.2, -0.15) is 13.2 Å². The molecular weight excluding hydrogens is 427 g/mol. The lowest BCUT2D eigenvalue weighted by Crippen LogP contribution is -2.44. The van der Waals surface area contributed by atoms with Crippen molar-refractivity contribution in [3.05, 3.63) is 24.0 Å². The van der Waals surface area contributed by atoms with Crippen LogP contribution in [-0.2, 0) is 9.53 Å². The summed E-state index contributed by atoms with van der Waals surface area (Å²) in [6, 6.07) is 3.14. The van der Waals surface area contributed by atoms with E-state index in [2.05, 4.69) is 10.3 Å². The third-order valence-corrected chi connectivity index (χ3v) is 6.21. The summed E-state index contributed by atoms with van der Waals surface area (Å²) in [6.07, 6.45) is -0.578. The van der Waals surface area contributed by atoms with Gasteiger partial charge in [0, 0.05) is 32.3 Å². The predicted octanol–water partition coefficient (Wildman–Crippen LogP) is 3.20. The fraction of sp³-hybridized carbons (Fsp3) is 0.682. The van der Waals surface area contributed by atoms with Gasteiger partial charge in [0.05, 0.1) is 18.6 Å². The van der Waals surface area contributed by atoms with Gasteiger partial charge in [-0.25, -0.2) is 4.98 Å². The van der Waals surface area contributed by atoms with E-state index in [1.54, 1.807) is 17.0 Å². The Morgan fingerprint density at radius 1 is 1.22 bits per heavy atom. The van der Waals surface area contributed by atoms with Crippen LogP contribution in [0.3, 0.4) is 0 Å². The Morgan fingerprint density at radius 2 is 1.97 bits per heavy atom. The Balaban J connectivity index is 1.56. The van der Waals surface area contributed by atoms with Gasteiger partial charge >= 0.3 is 6.18 Å². The van der Waals surface area contributed by atoms with E-state index in [4.69, 9.17) is 9.47 Å². The van der Waals surface area contributed by atoms with Crippen molar-refractivity contribution >= 4 is 11.8 Å². The molecule has 1 aliphatic heterocycles. The first-order chi connectivity index (χ1) is 15.3. The summed E-state index contributed by atoms with van der Waals surface area (Å²) in [5, 5.41) is 2.70. The average Bonchev–Trinajstić information content (AvgIpc) is 3.25. The first-order valence-corrected chi connectivity index (χ1v) is 11.0. The second-order valence-electron chi connectivity index (χ2n) is 8.33. The maximum atomic E-state index is 13.0. The fourth-order valence-corrected chi connectivity index (χ4v) is 4.42. The van der Waals surface area contributed by atoms with Crippen LogP contribution in [0.2, 0.25) is 0 Å². The van der Waals surface area contributed by atoms with Gasteiger partial charge in [-0.1, -0.05) is 0 Å². The molecular formula is C22H30F3N3O4. The highest BCUT2D eigenvalue weighted by molar-refractivity contribution is 5.94. The summed E-state index contributed by atoms with van der Waals surface area (Å²) >= 11 is 0. The molecule has 1 saturated heterocycles. The Labute approximate surface area is 185 Å². The minimum atomic E-state index is -4.19. The standard InChI is InChI=1S/C22H30F3N3O4/c1-31-13-11-27-20(29)19-18(5-2-10-26-19)32-14-17-4-3-12-28(17)21(30)15-6-8-16(9-7-15)22(23,24)25/h2,5,10,15-17H,3-4,6-9,11-14H2,1H3,(H,27,29). The highest BCUT2D eigenvalue weighted by atomic mass is 19.4. The average molecular weight is 457 g/mol. The molecule has 0 radical (unpaired) electrons. The second-order valence-corrected chi connectivity index (χ2v) is 8.33. The van der Waals surface area contributed by atoms with Crippen molar-refractivity contribution in [2.24, 2.45) is 11.8 Å². The number of aromatic nitrogens is 1. The Kier molecular flexibility index (Phi) is 8.33. The first kappa shape index (κ1) is 24.3. The number of nitrogens with one attached hydrogen (secondary N) is 1. The van der Waals surface area contributed by atoms with Crippen LogP contribution in [0.5, 0.6) is 5.75 Å². The van der Waals surface area contributed by atoms with Crippen molar-refractivity contribution in [3.63, 3.8) is 0 Å². The van der Waals surface area contributed by atoms with Crippen molar-refractivity contribution in [3.8, 4) is 5.75 Å². The molecule has 0 spiro atoms. The molecule has 1 N–H and O–H groups in total. The highest BCUT2D eigenvalue weighted by Gasteiger charge is 2.44. The van der Waals surface area contributed by atoms with Crippen LogP contribution in [0.1, 0.15) is 49.0 Å². The lowest BCUT2D eigenvalue weighted by molar-refractivity contribution is -0.185. The molecule has 2 amide bonds. The van der Waals surface area contributed by atoms with Gasteiger partial charge < -0.3 is 19.7 Å². The summed E-state index contributed by atoms with van der Waals surface area (Å²) in [4.78, 5) is 31.2. The van der Waals surface area contributed by atoms with Gasteiger partial charge in [0.1, 0.15) is 6.61 Å². The number of pyridine rings is 1. The number of carbonyl (C=O) groups excluding carboxylic acids is 2. The molecule has 1 atom stereocenters. The van der Waals surface area contributed by atoms with Gasteiger partial charge in [0.2, 0.25) is 5.91 Å². The number of rotatable bonds is 8. The normalized spacial score (nSPS) is 23.8. The van der Waals surface area contributed by atoms with Crippen LogP contribution in [0.15, 0.2) is 18.3 Å². The van der Waals surface area contributed by atoms with Crippen molar-refractivity contribution in [1.82, 2.24) is 15.2 Å². The minimum absolute atomic E-state index is 0.00609. The largest absolute Gasteiger partial charge is 0.489 e. The van der Waals surface area contributed by atoms with Gasteiger partial charge in [-0.15, -0.1) is 0 Å². The van der Waals surface area contributed by atoms with E-state index in [1.807, 2.05) is 0 Å². The minimum Gasteiger partial charge on any atom is -0.489 e. The van der Waals surface area contributed by atoms with E-state index >= 15 is 0 Å². The second kappa shape index (κ2) is 11.0. The number of hydrogen-bond acceptors (Lipinski definition) is 5. The molecule has 2 fully saturated rings. The van der Waals surface area contributed by atoms with E-state index in [0.29, 0.717) is 25.4 Å². The molecule has 3 rings (SSSR count). The zero-order valence-corrected chi connectivity index (χ0v) is 18.2. The van der Waals surface area contributed by atoms with Crippen LogP contribution in [0.4, 0.5) is 13.2 Å². The predicted molar refractivity (Wildman–Crippen MR) is 110 cm³/mol. The van der Waals surface area contributed by atoms with Crippen LogP contribution in [-0.4, -0.2) is 67.3 Å². The molecule has 1 aromatic heterocycles. The number of halogens is 3. The van der Waals surface area contributed by atoms with Crippen LogP contribution >= 0.6 is 0 Å². The quantitative estimate of drug-likeness (QED) is 0.607. The van der Waals surface area contributed by atoms with Crippen molar-refractivity contribution in [2.45, 2.75) is 50.7 Å². The molecule has 1 aliphatic carbocycles. The maximum absolute atomic E-state index is 13.0. The van der Waals surface area contributed by atoms with Gasteiger partial charge in [0.15, 0.2) is 11.4 Å². The zero-order chi connectivity index (χ0) is 23.1. The molecule has 10 heteroatoms. The zero-order valence-electron chi connectivity index (χ0n) is 18.2. The van der Waals surface area contributed by atoms with Crippen LogP contribution < -0.4 is 10.1 Å². The molecule has 32 heavy (non-hydrogen) atoms. The van der Waals surface area contributed by atoms with E-state index in [1.165, 1.54) is 13.3 Å². The Morgan fingerprint density at radius 3 is 2.66 bits per heavy atom. The molecule has 0 bridgehead atoms. The summed E-state index contributed by atoms with van der Waals surface area (Å²) in [6.45, 7) is 1.49. The number of alkyl halides is 3. The first-order valence-electron chi connectivity index (χ1n) is 11.0. The third-order valence-electron chi connectivity index (χ3n) is 6.21. The summed E-state index contributed by atoms with van der Waals surface area (Å²) < 4.78 is 49.6. The maximum Gasteiger partial charge on any atom is 0.391 e. The van der Waals surface area contributed by atoms with Gasteiger partial charge in [0.25, 0.3) is 5.91 Å². The summed E-state index contributed by atoms with van der Waals surface area (Å²) in [5.41, 5.74) is 0.157. The van der Waals surface area contributed by atoms with Crippen molar-refractivity contribution in [1.29, 1.82) is 0 Å². The smallest absolute Gasteiger partial charge is 0.391 e. The summed E-state index contributed by atoms with van der Waals surface area (Å²) in [5.74, 6) is -1.80. The molecule has 1 aromatic rings. The topological polar surface area (TPSA) is 80.8 Å². The molecule has 1 saturated carbocycles. The number of nitrogens with zero attached hydrogens (tertiary/aromatic N) is 2. The van der Waals surface area contributed by atoms with Crippen molar-refractivity contribution in [2.75, 3.05) is 33.4 Å². The fourth-order valence-electron chi connectivity index (χ4n) is 4.42. The number of carbonyl (C=O) groups is 2. The van der Waals surface area contributed by atoms with Crippen molar-refractivity contribution < 1.29 is 32.2 Å². The third kappa shape index (κ3) is 6.11. The summed E-state index contributed by atoms with van der Waals surface area (Å²) in [7, 11) is 1.54. The lowest BCUT2D eigenvalue weighted by atomic mass is 9.81. The molecule has 2 heterocycles. The van der Waals surface area contributed by atoms with E-state index in [-0.39, 0.29) is 61.8 Å². The Hall–Kier alpha value is -2.36. The van der Waals surface area contributed by atoms with Crippen LogP contribution in [0.25, 0.3) is 0 Å². The molecule has 7 nitrogen and oxygen atoms in total. The number of ether oxygens (including phenoxy) is 2. The van der Waals surface area contributed by atoms with E-state index in [9.17, 15) is 22.8 Å². The Bertz CT molecular complexity index is 782. The van der Waals surface area contributed by atoms with Gasteiger partial charge in [-0.05, 0) is 50.7 Å². The van der Waals surface area contributed by atoms with E-state index < -0.39 is 12.1 Å². The lowest BCUT2D eigenvalue weighted by Gasteiger charge is -2.33. The number of methoxy groups -OCH3 is 1. The molecule has 1 unspecified atom stereocenters. The number of amides is 2. The number of likely N-dealkylation sites (tertiary alicyclic amines) is 1. The van der Waals surface area contributed by atoms with Crippen LogP contribution in [0, 0.1) is 11.8 Å². The molecule has 2 aliphatic rings. The highest BCUT2D eigenvalue weighted by Crippen LogP contribution is 2.40. The SMILES string of the molecule is COCCNC(=O)c1ncccc1OCC1CCCN1C(=O)C1CCC(C(F)(F)F)CC1. The van der Waals surface area contributed by atoms with Gasteiger partial charge in [-0.3, -0.25) is 9.59 Å². The molecule has 178 valence electrons.